The van der Waals surface area contributed by atoms with Crippen molar-refractivity contribution in [2.24, 2.45) is 0 Å². The zero-order chi connectivity index (χ0) is 19.5. The molecule has 0 saturated heterocycles. The Bertz CT molecular complexity index is 821. The molecule has 0 heterocycles. The topological polar surface area (TPSA) is 49.4 Å². The van der Waals surface area contributed by atoms with Crippen molar-refractivity contribution < 1.29 is 22.8 Å². The number of carbonyl (C=O) groups excluding carboxylic acids is 2. The number of likely N-dealkylation sites (N-methyl/N-ethyl adjacent to an activating group) is 1. The van der Waals surface area contributed by atoms with Crippen LogP contribution in [0.1, 0.15) is 15.9 Å². The molecule has 0 unspecified atom stereocenters. The first kappa shape index (κ1) is 20.1. The summed E-state index contributed by atoms with van der Waals surface area (Å²) < 4.78 is 39.1. The molecule has 0 bridgehead atoms. The normalized spacial score (nSPS) is 11.2. The Hall–Kier alpha value is -2.25. The number of nitrogens with one attached hydrogen (secondary N) is 1. The van der Waals surface area contributed by atoms with Crippen LogP contribution in [-0.4, -0.2) is 30.3 Å². The summed E-state index contributed by atoms with van der Waals surface area (Å²) in [6.45, 7) is -0.480. The van der Waals surface area contributed by atoms with Gasteiger partial charge in [-0.25, -0.2) is 0 Å². The highest BCUT2D eigenvalue weighted by molar-refractivity contribution is 6.39. The van der Waals surface area contributed by atoms with E-state index in [9.17, 15) is 22.8 Å². The molecule has 0 fully saturated rings. The molecule has 0 spiro atoms. The molecule has 4 nitrogen and oxygen atoms in total. The highest BCUT2D eigenvalue weighted by Gasteiger charge is 2.35. The third kappa shape index (κ3) is 4.68. The lowest BCUT2D eigenvalue weighted by Gasteiger charge is -2.20. The first-order valence-corrected chi connectivity index (χ1v) is 8.02. The highest BCUT2D eigenvalue weighted by atomic mass is 35.5. The van der Waals surface area contributed by atoms with Crippen LogP contribution < -0.4 is 5.32 Å². The molecule has 0 aliphatic heterocycles. The fourth-order valence-corrected chi connectivity index (χ4v) is 2.70. The van der Waals surface area contributed by atoms with Crippen LogP contribution in [0.15, 0.2) is 42.5 Å². The minimum Gasteiger partial charge on any atom is -0.332 e. The first-order chi connectivity index (χ1) is 12.1. The van der Waals surface area contributed by atoms with Gasteiger partial charge in [-0.1, -0.05) is 41.4 Å². The first-order valence-electron chi connectivity index (χ1n) is 7.27. The number of halogens is 5. The number of carbonyl (C=O) groups is 2. The zero-order valence-corrected chi connectivity index (χ0v) is 14.9. The zero-order valence-electron chi connectivity index (χ0n) is 13.4. The van der Waals surface area contributed by atoms with Crippen molar-refractivity contribution in [1.29, 1.82) is 0 Å². The van der Waals surface area contributed by atoms with E-state index in [2.05, 4.69) is 5.32 Å². The van der Waals surface area contributed by atoms with Gasteiger partial charge in [0.15, 0.2) is 0 Å². The number of para-hydroxylation sites is 1. The smallest absolute Gasteiger partial charge is 0.332 e. The van der Waals surface area contributed by atoms with E-state index in [1.165, 1.54) is 31.3 Å². The van der Waals surface area contributed by atoms with Crippen molar-refractivity contribution in [3.8, 4) is 0 Å². The molecule has 9 heteroatoms. The molecule has 0 atom stereocenters. The van der Waals surface area contributed by atoms with Gasteiger partial charge in [-0.15, -0.1) is 0 Å². The summed E-state index contributed by atoms with van der Waals surface area (Å²) in [4.78, 5) is 25.3. The predicted molar refractivity (Wildman–Crippen MR) is 93.5 cm³/mol. The van der Waals surface area contributed by atoms with Crippen molar-refractivity contribution >= 4 is 40.7 Å². The molecule has 26 heavy (non-hydrogen) atoms. The standard InChI is InChI=1S/C17H13Cl2F3N2O2/c1-24(9-14(25)23-15-12(18)7-4-8-13(15)19)16(26)10-5-2-3-6-11(10)17(20,21)22/h2-8H,9H2,1H3,(H,23,25). The van der Waals surface area contributed by atoms with E-state index in [0.717, 1.165) is 17.0 Å². The van der Waals surface area contributed by atoms with Crippen molar-refractivity contribution in [3.63, 3.8) is 0 Å². The third-order valence-corrected chi connectivity index (χ3v) is 4.05. The molecule has 2 aromatic rings. The number of rotatable bonds is 4. The van der Waals surface area contributed by atoms with Crippen molar-refractivity contribution in [2.75, 3.05) is 18.9 Å². The summed E-state index contributed by atoms with van der Waals surface area (Å²) in [7, 11) is 1.23. The van der Waals surface area contributed by atoms with Gasteiger partial charge < -0.3 is 10.2 Å². The highest BCUT2D eigenvalue weighted by Crippen LogP contribution is 2.32. The van der Waals surface area contributed by atoms with E-state index >= 15 is 0 Å². The predicted octanol–water partition coefficient (Wildman–Crippen LogP) is 4.72. The van der Waals surface area contributed by atoms with E-state index in [4.69, 9.17) is 23.2 Å². The van der Waals surface area contributed by atoms with Crippen LogP contribution in [0.25, 0.3) is 0 Å². The maximum absolute atomic E-state index is 13.0. The third-order valence-electron chi connectivity index (χ3n) is 3.42. The summed E-state index contributed by atoms with van der Waals surface area (Å²) in [5.74, 6) is -1.58. The van der Waals surface area contributed by atoms with Gasteiger partial charge in [0.05, 0.1) is 33.4 Å². The Morgan fingerprint density at radius 2 is 1.62 bits per heavy atom. The molecule has 1 N–H and O–H groups in total. The van der Waals surface area contributed by atoms with Crippen LogP contribution in [0.3, 0.4) is 0 Å². The number of hydrogen-bond acceptors (Lipinski definition) is 2. The number of anilines is 1. The largest absolute Gasteiger partial charge is 0.417 e. The van der Waals surface area contributed by atoms with Crippen LogP contribution in [-0.2, 0) is 11.0 Å². The molecule has 0 radical (unpaired) electrons. The van der Waals surface area contributed by atoms with Gasteiger partial charge in [0.1, 0.15) is 0 Å². The molecule has 0 aliphatic rings. The molecule has 2 aromatic carbocycles. The quantitative estimate of drug-likeness (QED) is 0.800. The van der Waals surface area contributed by atoms with Crippen LogP contribution in [0.2, 0.25) is 10.0 Å². The van der Waals surface area contributed by atoms with Crippen LogP contribution >= 0.6 is 23.2 Å². The van der Waals surface area contributed by atoms with Gasteiger partial charge >= 0.3 is 6.18 Å². The Kier molecular flexibility index (Phi) is 6.15. The van der Waals surface area contributed by atoms with E-state index in [1.807, 2.05) is 0 Å². The van der Waals surface area contributed by atoms with Crippen molar-refractivity contribution in [1.82, 2.24) is 4.90 Å². The summed E-state index contributed by atoms with van der Waals surface area (Å²) in [5.41, 5.74) is -1.44. The van der Waals surface area contributed by atoms with Gasteiger partial charge in [-0.2, -0.15) is 13.2 Å². The molecule has 0 aliphatic carbocycles. The summed E-state index contributed by atoms with van der Waals surface area (Å²) >= 11 is 11.9. The van der Waals surface area contributed by atoms with Gasteiger partial charge in [-0.3, -0.25) is 9.59 Å². The molecule has 2 amide bonds. The monoisotopic (exact) mass is 404 g/mol. The Morgan fingerprint density at radius 3 is 2.19 bits per heavy atom. The SMILES string of the molecule is CN(CC(=O)Nc1c(Cl)cccc1Cl)C(=O)c1ccccc1C(F)(F)F. The second-order valence-electron chi connectivity index (χ2n) is 5.35. The Morgan fingerprint density at radius 1 is 1.04 bits per heavy atom. The fraction of sp³-hybridized carbons (Fsp3) is 0.176. The average Bonchev–Trinajstić information content (AvgIpc) is 2.57. The summed E-state index contributed by atoms with van der Waals surface area (Å²) in [6.07, 6.45) is -4.68. The van der Waals surface area contributed by atoms with Crippen LogP contribution in [0, 0.1) is 0 Å². The number of hydrogen-bond donors (Lipinski definition) is 1. The molecular formula is C17H13Cl2F3N2O2. The Labute approximate surface area is 157 Å². The second-order valence-corrected chi connectivity index (χ2v) is 6.16. The molecule has 0 saturated carbocycles. The van der Waals surface area contributed by atoms with Gasteiger partial charge in [0, 0.05) is 7.05 Å². The molecule has 2 rings (SSSR count). The second kappa shape index (κ2) is 7.97. The number of benzene rings is 2. The minimum absolute atomic E-state index is 0.164. The van der Waals surface area contributed by atoms with Gasteiger partial charge in [0.2, 0.25) is 5.91 Å². The van der Waals surface area contributed by atoms with Crippen molar-refractivity contribution in [2.45, 2.75) is 6.18 Å². The number of alkyl halides is 3. The van der Waals surface area contributed by atoms with E-state index in [1.54, 1.807) is 6.07 Å². The van der Waals surface area contributed by atoms with E-state index < -0.39 is 35.7 Å². The van der Waals surface area contributed by atoms with E-state index in [-0.39, 0.29) is 15.7 Å². The fourth-order valence-electron chi connectivity index (χ4n) is 2.21. The number of nitrogens with zero attached hydrogens (tertiary/aromatic N) is 1. The van der Waals surface area contributed by atoms with Gasteiger partial charge in [0.25, 0.3) is 5.91 Å². The summed E-state index contributed by atoms with van der Waals surface area (Å²) in [6, 6.07) is 8.99. The van der Waals surface area contributed by atoms with Gasteiger partial charge in [-0.05, 0) is 24.3 Å². The number of amides is 2. The van der Waals surface area contributed by atoms with Crippen LogP contribution in [0.4, 0.5) is 18.9 Å². The van der Waals surface area contributed by atoms with Crippen LogP contribution in [0.5, 0.6) is 0 Å². The minimum atomic E-state index is -4.68. The summed E-state index contributed by atoms with van der Waals surface area (Å²) in [5, 5.41) is 2.83. The van der Waals surface area contributed by atoms with E-state index in [0.29, 0.717) is 0 Å². The lowest BCUT2D eigenvalue weighted by molar-refractivity contribution is -0.138. The average molecular weight is 405 g/mol. The van der Waals surface area contributed by atoms with Crippen molar-refractivity contribution in [3.05, 3.63) is 63.6 Å². The maximum atomic E-state index is 13.0. The molecule has 0 aromatic heterocycles. The Balaban J connectivity index is 2.14. The maximum Gasteiger partial charge on any atom is 0.417 e. The molecule has 138 valence electrons. The molecular weight excluding hydrogens is 392 g/mol. The lowest BCUT2D eigenvalue weighted by atomic mass is 10.1. The lowest BCUT2D eigenvalue weighted by Crippen LogP contribution is -2.36.